The average molecular weight is 285 g/mol. The van der Waals surface area contributed by atoms with Crippen LogP contribution in [0.15, 0.2) is 3.92 Å². The van der Waals surface area contributed by atoms with E-state index in [1.54, 1.807) is 6.92 Å². The molecule has 1 aromatic heterocycles. The quantitative estimate of drug-likeness (QED) is 0.927. The molecular weight excluding hydrogens is 278 g/mol. The highest BCUT2D eigenvalue weighted by molar-refractivity contribution is 9.11. The summed E-state index contributed by atoms with van der Waals surface area (Å²) in [5, 5.41) is 8.85. The minimum absolute atomic E-state index is 0.445. The highest BCUT2D eigenvalue weighted by atomic mass is 79.9. The predicted octanol–water partition coefficient (Wildman–Crippen LogP) is 3.14. The van der Waals surface area contributed by atoms with Crippen LogP contribution in [0.4, 0.5) is 0 Å². The molecule has 0 aromatic carbocycles. The van der Waals surface area contributed by atoms with Crippen LogP contribution in [-0.4, -0.2) is 16.1 Å². The first-order chi connectivity index (χ1) is 6.06. The Bertz CT molecular complexity index is 328. The molecule has 1 rings (SSSR count). The van der Waals surface area contributed by atoms with Crippen molar-refractivity contribution in [3.05, 3.63) is 13.9 Å². The Morgan fingerprint density at radius 2 is 2.46 bits per heavy atom. The van der Waals surface area contributed by atoms with Gasteiger partial charge in [0.05, 0.1) is 5.69 Å². The summed E-state index contributed by atoms with van der Waals surface area (Å²) < 4.78 is 1.06. The number of nitrogens with zero attached hydrogens (tertiary/aromatic N) is 1. The summed E-state index contributed by atoms with van der Waals surface area (Å²) in [6.07, 6.45) is 0.491. The van der Waals surface area contributed by atoms with E-state index in [1.165, 1.54) is 11.3 Å². The van der Waals surface area contributed by atoms with E-state index in [9.17, 15) is 4.79 Å². The third-order valence-electron chi connectivity index (χ3n) is 1.62. The Hall–Kier alpha value is -0.130. The van der Waals surface area contributed by atoms with Gasteiger partial charge in [0.1, 0.15) is 10.3 Å². The lowest BCUT2D eigenvalue weighted by atomic mass is 10.0. The van der Waals surface area contributed by atoms with E-state index in [0.717, 1.165) is 0 Å². The molecule has 0 spiro atoms. The third kappa shape index (κ3) is 2.42. The second-order valence-corrected chi connectivity index (χ2v) is 5.30. The molecule has 0 saturated carbocycles. The first-order valence-corrected chi connectivity index (χ1v) is 5.59. The molecule has 72 valence electrons. The maximum atomic E-state index is 10.8. The van der Waals surface area contributed by atoms with E-state index in [-0.39, 0.29) is 0 Å². The van der Waals surface area contributed by atoms with Gasteiger partial charge in [0, 0.05) is 0 Å². The van der Waals surface area contributed by atoms with Gasteiger partial charge in [-0.25, -0.2) is 4.98 Å². The minimum atomic E-state index is -0.887. The monoisotopic (exact) mass is 283 g/mol. The van der Waals surface area contributed by atoms with Crippen molar-refractivity contribution in [1.29, 1.82) is 0 Å². The highest BCUT2D eigenvalue weighted by Gasteiger charge is 2.23. The van der Waals surface area contributed by atoms with Crippen LogP contribution in [0.5, 0.6) is 0 Å². The summed E-state index contributed by atoms with van der Waals surface area (Å²) in [7, 11) is 0. The van der Waals surface area contributed by atoms with Crippen LogP contribution in [0.25, 0.3) is 0 Å². The van der Waals surface area contributed by atoms with Gasteiger partial charge in [0.25, 0.3) is 0 Å². The van der Waals surface area contributed by atoms with Crippen molar-refractivity contribution in [2.75, 3.05) is 0 Å². The lowest BCUT2D eigenvalue weighted by Crippen LogP contribution is -2.11. The molecule has 0 aliphatic heterocycles. The van der Waals surface area contributed by atoms with Crippen LogP contribution in [0.2, 0.25) is 4.34 Å². The number of hydrogen-bond donors (Lipinski definition) is 1. The molecule has 1 aromatic rings. The summed E-state index contributed by atoms with van der Waals surface area (Å²) in [5.74, 6) is -1.49. The molecule has 0 amide bonds. The fraction of sp³-hybridized carbons (Fsp3) is 0.429. The maximum Gasteiger partial charge on any atom is 0.312 e. The van der Waals surface area contributed by atoms with Crippen LogP contribution in [0, 0.1) is 0 Å². The number of carboxylic acid groups (broad SMARTS) is 1. The van der Waals surface area contributed by atoms with Crippen molar-refractivity contribution in [3.8, 4) is 0 Å². The lowest BCUT2D eigenvalue weighted by Gasteiger charge is -2.05. The number of thiazole rings is 1. The first kappa shape index (κ1) is 10.9. The fourth-order valence-corrected chi connectivity index (χ4v) is 2.92. The number of aromatic nitrogens is 1. The Labute approximate surface area is 92.9 Å². The number of carboxylic acids is 1. The molecule has 13 heavy (non-hydrogen) atoms. The highest BCUT2D eigenvalue weighted by Crippen LogP contribution is 2.34. The Kier molecular flexibility index (Phi) is 3.70. The van der Waals surface area contributed by atoms with Crippen molar-refractivity contribution in [2.24, 2.45) is 0 Å². The molecule has 0 radical (unpaired) electrons. The Balaban J connectivity index is 3.04. The molecule has 0 aliphatic rings. The zero-order valence-electron chi connectivity index (χ0n) is 6.75. The van der Waals surface area contributed by atoms with E-state index >= 15 is 0 Å². The van der Waals surface area contributed by atoms with Gasteiger partial charge < -0.3 is 5.11 Å². The molecule has 0 saturated heterocycles. The van der Waals surface area contributed by atoms with Crippen LogP contribution in [0.3, 0.4) is 0 Å². The van der Waals surface area contributed by atoms with E-state index in [1.807, 2.05) is 0 Å². The maximum absolute atomic E-state index is 10.8. The zero-order chi connectivity index (χ0) is 10.0. The number of hydrogen-bond acceptors (Lipinski definition) is 3. The third-order valence-corrected chi connectivity index (χ3v) is 3.36. The summed E-state index contributed by atoms with van der Waals surface area (Å²) in [5.41, 5.74) is 0.452. The molecule has 1 heterocycles. The van der Waals surface area contributed by atoms with E-state index < -0.39 is 11.9 Å². The number of halogens is 2. The summed E-state index contributed by atoms with van der Waals surface area (Å²) in [6.45, 7) is 1.79. The fourth-order valence-electron chi connectivity index (χ4n) is 0.988. The SMILES string of the molecule is CCC(C(=O)O)c1nc(Br)sc1Cl. The average Bonchev–Trinajstić information content (AvgIpc) is 2.31. The Morgan fingerprint density at radius 3 is 2.77 bits per heavy atom. The number of aliphatic carboxylic acids is 1. The standard InChI is InChI=1S/C7H7BrClNO2S/c1-2-3(6(11)12)4-5(9)13-7(8)10-4/h3H,2H2,1H3,(H,11,12). The molecule has 6 heteroatoms. The normalized spacial score (nSPS) is 12.8. The van der Waals surface area contributed by atoms with Crippen molar-refractivity contribution in [2.45, 2.75) is 19.3 Å². The molecular formula is C7H7BrClNO2S. The molecule has 1 atom stereocenters. The largest absolute Gasteiger partial charge is 0.481 e. The second-order valence-electron chi connectivity index (χ2n) is 2.42. The summed E-state index contributed by atoms with van der Waals surface area (Å²) in [4.78, 5) is 14.8. The van der Waals surface area contributed by atoms with Gasteiger partial charge in [0.2, 0.25) is 0 Å². The molecule has 0 fully saturated rings. The number of carbonyl (C=O) groups is 1. The predicted molar refractivity (Wildman–Crippen MR) is 55.5 cm³/mol. The van der Waals surface area contributed by atoms with Gasteiger partial charge >= 0.3 is 5.97 Å². The van der Waals surface area contributed by atoms with E-state index in [4.69, 9.17) is 16.7 Å². The summed E-state index contributed by atoms with van der Waals surface area (Å²) >= 11 is 10.2. The Morgan fingerprint density at radius 1 is 1.85 bits per heavy atom. The van der Waals surface area contributed by atoms with Gasteiger partial charge in [-0.1, -0.05) is 29.9 Å². The van der Waals surface area contributed by atoms with Gasteiger partial charge in [-0.2, -0.15) is 0 Å². The summed E-state index contributed by atoms with van der Waals surface area (Å²) in [6, 6.07) is 0. The lowest BCUT2D eigenvalue weighted by molar-refractivity contribution is -0.138. The van der Waals surface area contributed by atoms with Crippen molar-refractivity contribution < 1.29 is 9.90 Å². The van der Waals surface area contributed by atoms with Gasteiger partial charge in [0.15, 0.2) is 3.92 Å². The van der Waals surface area contributed by atoms with Crippen LogP contribution in [-0.2, 0) is 4.79 Å². The molecule has 1 N–H and O–H groups in total. The molecule has 1 unspecified atom stereocenters. The number of rotatable bonds is 3. The van der Waals surface area contributed by atoms with Crippen LogP contribution >= 0.6 is 38.9 Å². The van der Waals surface area contributed by atoms with Crippen LogP contribution < -0.4 is 0 Å². The van der Waals surface area contributed by atoms with E-state index in [0.29, 0.717) is 20.4 Å². The van der Waals surface area contributed by atoms with Crippen molar-refractivity contribution >= 4 is 44.8 Å². The minimum Gasteiger partial charge on any atom is -0.481 e. The van der Waals surface area contributed by atoms with Gasteiger partial charge in [-0.15, -0.1) is 0 Å². The van der Waals surface area contributed by atoms with Crippen LogP contribution in [0.1, 0.15) is 25.0 Å². The zero-order valence-corrected chi connectivity index (χ0v) is 9.91. The van der Waals surface area contributed by atoms with Crippen molar-refractivity contribution in [3.63, 3.8) is 0 Å². The van der Waals surface area contributed by atoms with Gasteiger partial charge in [-0.3, -0.25) is 4.79 Å². The van der Waals surface area contributed by atoms with Crippen molar-refractivity contribution in [1.82, 2.24) is 4.98 Å². The molecule has 0 bridgehead atoms. The molecule has 3 nitrogen and oxygen atoms in total. The van der Waals surface area contributed by atoms with E-state index in [2.05, 4.69) is 20.9 Å². The molecule has 0 aliphatic carbocycles. The van der Waals surface area contributed by atoms with Gasteiger partial charge in [-0.05, 0) is 22.4 Å². The topological polar surface area (TPSA) is 50.2 Å². The smallest absolute Gasteiger partial charge is 0.312 e. The first-order valence-electron chi connectivity index (χ1n) is 3.60. The second kappa shape index (κ2) is 4.39.